The molecule has 0 radical (unpaired) electrons. The van der Waals surface area contributed by atoms with E-state index in [0.717, 1.165) is 37.1 Å². The fourth-order valence-electron chi connectivity index (χ4n) is 3.59. The van der Waals surface area contributed by atoms with Crippen LogP contribution in [0, 0.1) is 23.2 Å². The van der Waals surface area contributed by atoms with Crippen LogP contribution in [0.15, 0.2) is 0 Å². The molecular formula is C16H29NO. The maximum absolute atomic E-state index is 12.4. The molecule has 0 saturated heterocycles. The van der Waals surface area contributed by atoms with Crippen LogP contribution in [0.5, 0.6) is 0 Å². The van der Waals surface area contributed by atoms with Crippen molar-refractivity contribution in [1.82, 2.24) is 5.32 Å². The molecule has 2 atom stereocenters. The summed E-state index contributed by atoms with van der Waals surface area (Å²) in [4.78, 5) is 12.4. The van der Waals surface area contributed by atoms with E-state index >= 15 is 0 Å². The lowest BCUT2D eigenvalue weighted by Gasteiger charge is -2.35. The van der Waals surface area contributed by atoms with E-state index in [4.69, 9.17) is 0 Å². The van der Waals surface area contributed by atoms with Gasteiger partial charge in [-0.2, -0.15) is 0 Å². The highest BCUT2D eigenvalue weighted by atomic mass is 16.2. The minimum absolute atomic E-state index is 0.0866. The molecule has 2 rings (SSSR count). The highest BCUT2D eigenvalue weighted by Gasteiger charge is 2.36. The molecule has 2 heteroatoms. The van der Waals surface area contributed by atoms with Crippen LogP contribution in [-0.4, -0.2) is 12.5 Å². The molecule has 0 aliphatic heterocycles. The summed E-state index contributed by atoms with van der Waals surface area (Å²) in [5.41, 5.74) is -0.0866. The van der Waals surface area contributed by atoms with Gasteiger partial charge >= 0.3 is 0 Å². The zero-order valence-electron chi connectivity index (χ0n) is 12.3. The van der Waals surface area contributed by atoms with Crippen LogP contribution >= 0.6 is 0 Å². The van der Waals surface area contributed by atoms with Gasteiger partial charge in [0.1, 0.15) is 0 Å². The summed E-state index contributed by atoms with van der Waals surface area (Å²) in [6.07, 6.45) is 8.51. The van der Waals surface area contributed by atoms with E-state index in [-0.39, 0.29) is 5.41 Å². The smallest absolute Gasteiger partial charge is 0.225 e. The summed E-state index contributed by atoms with van der Waals surface area (Å²) in [7, 11) is 0. The number of carbonyl (C=O) groups is 1. The van der Waals surface area contributed by atoms with Crippen molar-refractivity contribution in [2.75, 3.05) is 6.54 Å². The Labute approximate surface area is 112 Å². The van der Waals surface area contributed by atoms with Crippen molar-refractivity contribution in [1.29, 1.82) is 0 Å². The van der Waals surface area contributed by atoms with E-state index in [1.54, 1.807) is 0 Å². The standard InChI is InChI=1S/C16H29NO/c1-12-6-8-16(3,9-7-12)15(18)17-11-14-5-4-13(2)10-14/h12-14H,4-11H2,1-3H3,(H,17,18)/t12-,13?,14?,16+. The van der Waals surface area contributed by atoms with Crippen molar-refractivity contribution in [2.45, 2.75) is 65.7 Å². The van der Waals surface area contributed by atoms with Crippen LogP contribution in [-0.2, 0) is 4.79 Å². The Morgan fingerprint density at radius 1 is 1.11 bits per heavy atom. The largest absolute Gasteiger partial charge is 0.355 e. The van der Waals surface area contributed by atoms with Gasteiger partial charge in [0, 0.05) is 12.0 Å². The van der Waals surface area contributed by atoms with E-state index in [1.807, 2.05) is 0 Å². The van der Waals surface area contributed by atoms with E-state index in [0.29, 0.717) is 5.91 Å². The van der Waals surface area contributed by atoms with Gasteiger partial charge in [-0.05, 0) is 56.3 Å². The summed E-state index contributed by atoms with van der Waals surface area (Å²) in [6.45, 7) is 7.70. The van der Waals surface area contributed by atoms with E-state index in [9.17, 15) is 4.79 Å². The maximum atomic E-state index is 12.4. The van der Waals surface area contributed by atoms with Crippen molar-refractivity contribution >= 4 is 5.91 Å². The van der Waals surface area contributed by atoms with Crippen LogP contribution in [0.4, 0.5) is 0 Å². The zero-order valence-corrected chi connectivity index (χ0v) is 12.3. The monoisotopic (exact) mass is 251 g/mol. The Hall–Kier alpha value is -0.530. The SMILES string of the molecule is CC1CCC(CNC(=O)[C@]2(C)CC[C@H](C)CC2)C1. The van der Waals surface area contributed by atoms with Gasteiger partial charge in [0.15, 0.2) is 0 Å². The molecule has 0 heterocycles. The third kappa shape index (κ3) is 3.27. The highest BCUT2D eigenvalue weighted by molar-refractivity contribution is 5.82. The molecule has 0 spiro atoms. The van der Waals surface area contributed by atoms with Crippen molar-refractivity contribution in [3.8, 4) is 0 Å². The first-order valence-electron chi connectivity index (χ1n) is 7.78. The molecule has 104 valence electrons. The average molecular weight is 251 g/mol. The molecule has 1 amide bonds. The topological polar surface area (TPSA) is 29.1 Å². The molecule has 0 aromatic rings. The normalized spacial score (nSPS) is 40.7. The third-order valence-corrected chi connectivity index (χ3v) is 5.28. The van der Waals surface area contributed by atoms with Gasteiger partial charge in [-0.25, -0.2) is 0 Å². The Morgan fingerprint density at radius 2 is 1.78 bits per heavy atom. The molecule has 2 aliphatic carbocycles. The molecule has 2 unspecified atom stereocenters. The second kappa shape index (κ2) is 5.63. The maximum Gasteiger partial charge on any atom is 0.225 e. The van der Waals surface area contributed by atoms with E-state index < -0.39 is 0 Å². The summed E-state index contributed by atoms with van der Waals surface area (Å²) in [6, 6.07) is 0. The molecule has 0 aromatic carbocycles. The molecule has 0 bridgehead atoms. The van der Waals surface area contributed by atoms with Gasteiger partial charge in [0.05, 0.1) is 0 Å². The first kappa shape index (κ1) is 13.9. The highest BCUT2D eigenvalue weighted by Crippen LogP contribution is 2.38. The number of rotatable bonds is 3. The van der Waals surface area contributed by atoms with Crippen LogP contribution in [0.25, 0.3) is 0 Å². The Bertz CT molecular complexity index is 291. The minimum atomic E-state index is -0.0866. The number of hydrogen-bond donors (Lipinski definition) is 1. The lowest BCUT2D eigenvalue weighted by Crippen LogP contribution is -2.42. The molecule has 2 fully saturated rings. The van der Waals surface area contributed by atoms with Crippen LogP contribution in [0.1, 0.15) is 65.7 Å². The van der Waals surface area contributed by atoms with Crippen molar-refractivity contribution in [3.63, 3.8) is 0 Å². The van der Waals surface area contributed by atoms with Crippen LogP contribution in [0.3, 0.4) is 0 Å². The molecule has 1 N–H and O–H groups in total. The second-order valence-electron chi connectivity index (χ2n) is 7.24. The van der Waals surface area contributed by atoms with E-state index in [2.05, 4.69) is 26.1 Å². The number of nitrogens with one attached hydrogen (secondary N) is 1. The second-order valence-corrected chi connectivity index (χ2v) is 7.24. The van der Waals surface area contributed by atoms with Crippen molar-refractivity contribution < 1.29 is 4.79 Å². The molecule has 18 heavy (non-hydrogen) atoms. The molecule has 0 aromatic heterocycles. The summed E-state index contributed by atoms with van der Waals surface area (Å²) in [5, 5.41) is 3.23. The Morgan fingerprint density at radius 3 is 2.33 bits per heavy atom. The first-order valence-corrected chi connectivity index (χ1v) is 7.78. The van der Waals surface area contributed by atoms with Gasteiger partial charge in [0.2, 0.25) is 5.91 Å². The predicted molar refractivity (Wildman–Crippen MR) is 75.3 cm³/mol. The van der Waals surface area contributed by atoms with Gasteiger partial charge in [-0.3, -0.25) is 4.79 Å². The Kier molecular flexibility index (Phi) is 4.34. The van der Waals surface area contributed by atoms with Gasteiger partial charge in [-0.1, -0.05) is 27.2 Å². The quantitative estimate of drug-likeness (QED) is 0.813. The molecular weight excluding hydrogens is 222 g/mol. The fraction of sp³-hybridized carbons (Fsp3) is 0.938. The lowest BCUT2D eigenvalue weighted by molar-refractivity contribution is -0.132. The van der Waals surface area contributed by atoms with Gasteiger partial charge in [0.25, 0.3) is 0 Å². The fourth-order valence-corrected chi connectivity index (χ4v) is 3.59. The van der Waals surface area contributed by atoms with E-state index in [1.165, 1.54) is 32.1 Å². The Balaban J connectivity index is 1.77. The summed E-state index contributed by atoms with van der Waals surface area (Å²) < 4.78 is 0. The minimum Gasteiger partial charge on any atom is -0.355 e. The predicted octanol–water partition coefficient (Wildman–Crippen LogP) is 3.76. The van der Waals surface area contributed by atoms with Crippen LogP contribution in [0.2, 0.25) is 0 Å². The lowest BCUT2D eigenvalue weighted by atomic mass is 9.71. The number of carbonyl (C=O) groups excluding carboxylic acids is 1. The van der Waals surface area contributed by atoms with Crippen LogP contribution < -0.4 is 5.32 Å². The van der Waals surface area contributed by atoms with Crippen molar-refractivity contribution in [3.05, 3.63) is 0 Å². The third-order valence-electron chi connectivity index (χ3n) is 5.28. The van der Waals surface area contributed by atoms with Gasteiger partial charge < -0.3 is 5.32 Å². The molecule has 2 aliphatic rings. The average Bonchev–Trinajstić information content (AvgIpc) is 2.76. The molecule has 2 nitrogen and oxygen atoms in total. The first-order chi connectivity index (χ1) is 8.49. The van der Waals surface area contributed by atoms with Crippen molar-refractivity contribution in [2.24, 2.45) is 23.2 Å². The molecule has 2 saturated carbocycles. The summed E-state index contributed by atoms with van der Waals surface area (Å²) in [5.74, 6) is 2.71. The zero-order chi connectivity index (χ0) is 13.2. The summed E-state index contributed by atoms with van der Waals surface area (Å²) >= 11 is 0. The number of hydrogen-bond acceptors (Lipinski definition) is 1. The van der Waals surface area contributed by atoms with Gasteiger partial charge in [-0.15, -0.1) is 0 Å². The number of amides is 1.